The summed E-state index contributed by atoms with van der Waals surface area (Å²) in [6.07, 6.45) is 0. The van der Waals surface area contributed by atoms with Crippen LogP contribution >= 0.6 is 11.3 Å². The van der Waals surface area contributed by atoms with Crippen LogP contribution in [-0.4, -0.2) is 35.3 Å². The third-order valence-corrected chi connectivity index (χ3v) is 5.40. The molecule has 6 nitrogen and oxygen atoms in total. The minimum atomic E-state index is -0.150. The van der Waals surface area contributed by atoms with Crippen LogP contribution in [0.5, 0.6) is 0 Å². The van der Waals surface area contributed by atoms with Crippen molar-refractivity contribution in [3.8, 4) is 0 Å². The molecule has 140 valence electrons. The molecule has 0 spiro atoms. The maximum Gasteiger partial charge on any atom is 0.238 e. The molecule has 0 saturated carbocycles. The highest BCUT2D eigenvalue weighted by molar-refractivity contribution is 7.18. The molecular weight excluding hydrogens is 360 g/mol. The summed E-state index contributed by atoms with van der Waals surface area (Å²) in [7, 11) is 1.91. The van der Waals surface area contributed by atoms with Gasteiger partial charge in [0, 0.05) is 18.3 Å². The highest BCUT2D eigenvalue weighted by atomic mass is 32.1. The van der Waals surface area contributed by atoms with E-state index in [4.69, 9.17) is 0 Å². The Morgan fingerprint density at radius 1 is 1.11 bits per heavy atom. The fraction of sp³-hybridized carbons (Fsp3) is 0.250. The first-order valence-corrected chi connectivity index (χ1v) is 9.47. The fourth-order valence-electron chi connectivity index (χ4n) is 2.70. The fourth-order valence-corrected chi connectivity index (χ4v) is 3.78. The van der Waals surface area contributed by atoms with E-state index in [0.717, 1.165) is 15.2 Å². The number of nitrogens with one attached hydrogen (secondary N) is 2. The van der Waals surface area contributed by atoms with Crippen LogP contribution in [0.4, 0.5) is 11.4 Å². The van der Waals surface area contributed by atoms with E-state index < -0.39 is 0 Å². The Labute approximate surface area is 162 Å². The summed E-state index contributed by atoms with van der Waals surface area (Å²) in [5.74, 6) is -0.270. The van der Waals surface area contributed by atoms with Crippen LogP contribution < -0.4 is 10.6 Å². The van der Waals surface area contributed by atoms with Crippen molar-refractivity contribution < 1.29 is 9.59 Å². The van der Waals surface area contributed by atoms with E-state index in [2.05, 4.69) is 21.7 Å². The summed E-state index contributed by atoms with van der Waals surface area (Å²) in [5, 5.41) is 6.56. The van der Waals surface area contributed by atoms with Crippen molar-refractivity contribution in [2.45, 2.75) is 19.9 Å². The van der Waals surface area contributed by atoms with Gasteiger partial charge in [0.25, 0.3) is 0 Å². The molecule has 1 heterocycles. The molecule has 0 bridgehead atoms. The molecule has 2 amide bonds. The second-order valence-corrected chi connectivity index (χ2v) is 7.48. The van der Waals surface area contributed by atoms with Gasteiger partial charge in [-0.05, 0) is 44.3 Å². The van der Waals surface area contributed by atoms with Crippen LogP contribution in [0.1, 0.15) is 24.9 Å². The van der Waals surface area contributed by atoms with Crippen molar-refractivity contribution >= 4 is 44.7 Å². The van der Waals surface area contributed by atoms with Gasteiger partial charge in [-0.15, -0.1) is 11.3 Å². The number of hydrogen-bond donors (Lipinski definition) is 2. The summed E-state index contributed by atoms with van der Waals surface area (Å²) in [4.78, 5) is 30.2. The number of nitrogens with zero attached hydrogens (tertiary/aromatic N) is 2. The van der Waals surface area contributed by atoms with E-state index in [1.165, 1.54) is 6.92 Å². The van der Waals surface area contributed by atoms with E-state index in [1.807, 2.05) is 37.1 Å². The highest BCUT2D eigenvalue weighted by Gasteiger charge is 2.18. The lowest BCUT2D eigenvalue weighted by Gasteiger charge is -2.22. The van der Waals surface area contributed by atoms with Crippen molar-refractivity contribution in [2.24, 2.45) is 0 Å². The Morgan fingerprint density at radius 3 is 2.52 bits per heavy atom. The van der Waals surface area contributed by atoms with Crippen molar-refractivity contribution in [2.75, 3.05) is 24.2 Å². The number of fused-ring (bicyclic) bond motifs is 1. The highest BCUT2D eigenvalue weighted by Crippen LogP contribution is 2.28. The molecule has 0 radical (unpaired) electrons. The number of anilines is 2. The van der Waals surface area contributed by atoms with Gasteiger partial charge in [0.15, 0.2) is 0 Å². The number of amides is 2. The molecule has 27 heavy (non-hydrogen) atoms. The number of para-hydroxylation sites is 1. The van der Waals surface area contributed by atoms with Crippen LogP contribution in [0.15, 0.2) is 48.5 Å². The van der Waals surface area contributed by atoms with E-state index in [9.17, 15) is 9.59 Å². The minimum absolute atomic E-state index is 0.0267. The molecule has 1 unspecified atom stereocenters. The Hall–Kier alpha value is -2.77. The summed E-state index contributed by atoms with van der Waals surface area (Å²) in [6, 6.07) is 15.1. The second-order valence-electron chi connectivity index (χ2n) is 6.42. The van der Waals surface area contributed by atoms with Crippen LogP contribution in [0, 0.1) is 0 Å². The Bertz CT molecular complexity index is 936. The van der Waals surface area contributed by atoms with Crippen LogP contribution in [0.25, 0.3) is 10.2 Å². The molecule has 7 heteroatoms. The van der Waals surface area contributed by atoms with Crippen molar-refractivity contribution in [1.29, 1.82) is 0 Å². The number of benzene rings is 2. The number of carbonyl (C=O) groups is 2. The summed E-state index contributed by atoms with van der Waals surface area (Å²) in [5.41, 5.74) is 2.28. The van der Waals surface area contributed by atoms with Gasteiger partial charge < -0.3 is 10.6 Å². The normalized spacial score (nSPS) is 12.1. The third-order valence-electron chi connectivity index (χ3n) is 4.19. The zero-order valence-corrected chi connectivity index (χ0v) is 16.3. The Balaban J connectivity index is 1.62. The first-order chi connectivity index (χ1) is 12.9. The topological polar surface area (TPSA) is 74.3 Å². The third kappa shape index (κ3) is 4.90. The lowest BCUT2D eigenvalue weighted by molar-refractivity contribution is -0.117. The van der Waals surface area contributed by atoms with E-state index in [0.29, 0.717) is 11.4 Å². The monoisotopic (exact) mass is 382 g/mol. The number of hydrogen-bond acceptors (Lipinski definition) is 5. The van der Waals surface area contributed by atoms with Crippen molar-refractivity contribution in [3.05, 3.63) is 53.5 Å². The lowest BCUT2D eigenvalue weighted by atomic mass is 10.2. The number of rotatable bonds is 6. The molecule has 0 aliphatic carbocycles. The molecule has 0 aliphatic rings. The van der Waals surface area contributed by atoms with Gasteiger partial charge in [0.05, 0.1) is 22.8 Å². The maximum atomic E-state index is 12.4. The first-order valence-electron chi connectivity index (χ1n) is 8.65. The largest absolute Gasteiger partial charge is 0.326 e. The molecule has 3 rings (SSSR count). The van der Waals surface area contributed by atoms with E-state index >= 15 is 0 Å². The quantitative estimate of drug-likeness (QED) is 0.678. The number of likely N-dealkylation sites (N-methyl/N-ethyl adjacent to an activating group) is 1. The van der Waals surface area contributed by atoms with E-state index in [-0.39, 0.29) is 24.4 Å². The summed E-state index contributed by atoms with van der Waals surface area (Å²) in [6.45, 7) is 3.73. The average molecular weight is 382 g/mol. The number of aromatic nitrogens is 1. The minimum Gasteiger partial charge on any atom is -0.326 e. The van der Waals surface area contributed by atoms with Gasteiger partial charge in [-0.1, -0.05) is 18.2 Å². The lowest BCUT2D eigenvalue weighted by Crippen LogP contribution is -2.32. The van der Waals surface area contributed by atoms with E-state index in [1.54, 1.807) is 35.6 Å². The summed E-state index contributed by atoms with van der Waals surface area (Å²) >= 11 is 1.65. The van der Waals surface area contributed by atoms with Crippen molar-refractivity contribution in [1.82, 2.24) is 9.88 Å². The van der Waals surface area contributed by atoms with Gasteiger partial charge in [0.1, 0.15) is 5.01 Å². The number of thiazole rings is 1. The smallest absolute Gasteiger partial charge is 0.238 e. The van der Waals surface area contributed by atoms with Crippen LogP contribution in [0.3, 0.4) is 0 Å². The van der Waals surface area contributed by atoms with Gasteiger partial charge in [0.2, 0.25) is 11.8 Å². The Morgan fingerprint density at radius 2 is 1.81 bits per heavy atom. The van der Waals surface area contributed by atoms with Gasteiger partial charge >= 0.3 is 0 Å². The average Bonchev–Trinajstić information content (AvgIpc) is 3.04. The summed E-state index contributed by atoms with van der Waals surface area (Å²) < 4.78 is 1.15. The van der Waals surface area contributed by atoms with Crippen LogP contribution in [0.2, 0.25) is 0 Å². The Kier molecular flexibility index (Phi) is 5.83. The van der Waals surface area contributed by atoms with Crippen molar-refractivity contribution in [3.63, 3.8) is 0 Å². The molecule has 0 aliphatic heterocycles. The first kappa shape index (κ1) is 19.0. The van der Waals surface area contributed by atoms with Gasteiger partial charge in [-0.25, -0.2) is 4.98 Å². The molecule has 2 N–H and O–H groups in total. The zero-order chi connectivity index (χ0) is 19.4. The number of carbonyl (C=O) groups excluding carboxylic acids is 2. The predicted molar refractivity (Wildman–Crippen MR) is 110 cm³/mol. The maximum absolute atomic E-state index is 12.4. The molecule has 1 atom stereocenters. The van der Waals surface area contributed by atoms with Crippen LogP contribution in [-0.2, 0) is 9.59 Å². The standard InChI is InChI=1S/C20H22N4O2S/c1-13(20-23-17-9-4-5-10-18(17)27-20)24(3)12-19(26)22-16-8-6-7-15(11-16)21-14(2)25/h4-11,13H,12H2,1-3H3,(H,21,25)(H,22,26). The molecule has 2 aromatic carbocycles. The SMILES string of the molecule is CC(=O)Nc1cccc(NC(=O)CN(C)C(C)c2nc3ccccc3s2)c1. The molecule has 0 fully saturated rings. The second kappa shape index (κ2) is 8.28. The molecule has 3 aromatic rings. The predicted octanol–water partition coefficient (Wildman–Crippen LogP) is 3.89. The molecular formula is C20H22N4O2S. The molecule has 0 saturated heterocycles. The van der Waals surface area contributed by atoms with Gasteiger partial charge in [-0.2, -0.15) is 0 Å². The van der Waals surface area contributed by atoms with Gasteiger partial charge in [-0.3, -0.25) is 14.5 Å². The zero-order valence-electron chi connectivity index (χ0n) is 15.5. The molecule has 1 aromatic heterocycles.